The van der Waals surface area contributed by atoms with Gasteiger partial charge in [-0.2, -0.15) is 10.1 Å². The van der Waals surface area contributed by atoms with E-state index in [9.17, 15) is 15.0 Å². The topological polar surface area (TPSA) is 113 Å². The van der Waals surface area contributed by atoms with Crippen molar-refractivity contribution in [3.8, 4) is 23.0 Å². The molecular weight excluding hydrogens is 546 g/mol. The Hall–Kier alpha value is -5.09. The molecule has 220 valence electrons. The van der Waals surface area contributed by atoms with Crippen LogP contribution in [0.3, 0.4) is 0 Å². The number of piperazine rings is 1. The zero-order valence-electron chi connectivity index (χ0n) is 23.8. The number of fused-ring (bicyclic) bond motifs is 1. The maximum absolute atomic E-state index is 11.6. The van der Waals surface area contributed by atoms with Gasteiger partial charge in [-0.25, -0.2) is 4.79 Å². The number of carbonyl (C=O) groups is 1. The van der Waals surface area contributed by atoms with E-state index in [1.807, 2.05) is 103 Å². The number of hydrogen-bond donors (Lipinski definition) is 2. The maximum Gasteiger partial charge on any atom is 0.407 e. The van der Waals surface area contributed by atoms with Crippen LogP contribution in [0.1, 0.15) is 11.1 Å². The second-order valence-electron chi connectivity index (χ2n) is 10.5. The van der Waals surface area contributed by atoms with E-state index in [0.717, 1.165) is 39.0 Å². The fraction of sp³-hybridized carbons (Fsp3) is 0.242. The smallest absolute Gasteiger partial charge is 0.407 e. The van der Waals surface area contributed by atoms with E-state index in [1.54, 1.807) is 0 Å². The fourth-order valence-corrected chi connectivity index (χ4v) is 5.39. The molecule has 0 aliphatic carbocycles. The first-order chi connectivity index (χ1) is 21.0. The molecule has 1 aliphatic heterocycles. The van der Waals surface area contributed by atoms with Crippen LogP contribution in [0.15, 0.2) is 91.0 Å². The van der Waals surface area contributed by atoms with Crippen LogP contribution in [0.2, 0.25) is 0 Å². The summed E-state index contributed by atoms with van der Waals surface area (Å²) in [6.45, 7) is 1.76. The minimum absolute atomic E-state index is 0.231. The monoisotopic (exact) mass is 579 g/mol. The van der Waals surface area contributed by atoms with E-state index in [2.05, 4.69) is 4.90 Å². The summed E-state index contributed by atoms with van der Waals surface area (Å²) in [7, 11) is 1.89. The van der Waals surface area contributed by atoms with Crippen LogP contribution >= 0.6 is 0 Å². The highest BCUT2D eigenvalue weighted by Gasteiger charge is 2.30. The zero-order chi connectivity index (χ0) is 29.8. The van der Waals surface area contributed by atoms with Gasteiger partial charge in [0.15, 0.2) is 0 Å². The van der Waals surface area contributed by atoms with Gasteiger partial charge in [-0.15, -0.1) is 0 Å². The molecular formula is C33H33N5O5. The minimum Gasteiger partial charge on any atom is -0.473 e. The number of rotatable bonds is 9. The number of aliphatic hydroxyl groups is 1. The van der Waals surface area contributed by atoms with E-state index in [4.69, 9.17) is 19.6 Å². The second kappa shape index (κ2) is 12.4. The summed E-state index contributed by atoms with van der Waals surface area (Å²) in [5.41, 5.74) is 5.39. The Labute approximate surface area is 249 Å². The number of anilines is 1. The summed E-state index contributed by atoms with van der Waals surface area (Å²) < 4.78 is 14.1. The number of pyridine rings is 1. The van der Waals surface area contributed by atoms with E-state index >= 15 is 0 Å². The molecule has 1 amide bonds. The molecule has 3 aromatic carbocycles. The van der Waals surface area contributed by atoms with Crippen molar-refractivity contribution in [1.29, 1.82) is 0 Å². The lowest BCUT2D eigenvalue weighted by Gasteiger charge is -2.40. The van der Waals surface area contributed by atoms with Gasteiger partial charge in [-0.3, -0.25) is 9.58 Å². The van der Waals surface area contributed by atoms with Gasteiger partial charge in [0.05, 0.1) is 23.7 Å². The summed E-state index contributed by atoms with van der Waals surface area (Å²) in [6, 6.07) is 29.2. The molecule has 43 heavy (non-hydrogen) atoms. The van der Waals surface area contributed by atoms with Crippen LogP contribution in [0.5, 0.6) is 11.8 Å². The summed E-state index contributed by atoms with van der Waals surface area (Å²) in [6.07, 6.45) is -1.01. The van der Waals surface area contributed by atoms with Gasteiger partial charge >= 0.3 is 6.09 Å². The predicted molar refractivity (Wildman–Crippen MR) is 163 cm³/mol. The van der Waals surface area contributed by atoms with E-state index in [0.29, 0.717) is 44.6 Å². The summed E-state index contributed by atoms with van der Waals surface area (Å²) in [5, 5.41) is 25.1. The molecule has 1 unspecified atom stereocenters. The summed E-state index contributed by atoms with van der Waals surface area (Å²) in [5.74, 6) is 0.881. The van der Waals surface area contributed by atoms with Crippen LogP contribution in [0, 0.1) is 0 Å². The van der Waals surface area contributed by atoms with Crippen molar-refractivity contribution in [1.82, 2.24) is 19.7 Å². The average molecular weight is 580 g/mol. The van der Waals surface area contributed by atoms with E-state index < -0.39 is 12.1 Å². The highest BCUT2D eigenvalue weighted by molar-refractivity contribution is 5.96. The largest absolute Gasteiger partial charge is 0.473 e. The SMILES string of the molecule is Cn1nc(-c2ccc(OCc3ccccc3)nc2OCc2ccccc2)c2ccc(N3CCN(C(=O)O)C(CO)C3)cc21. The highest BCUT2D eigenvalue weighted by Crippen LogP contribution is 2.36. The lowest BCUT2D eigenvalue weighted by molar-refractivity contribution is 0.0910. The third-order valence-electron chi connectivity index (χ3n) is 7.68. The van der Waals surface area contributed by atoms with Crippen molar-refractivity contribution in [2.75, 3.05) is 31.1 Å². The van der Waals surface area contributed by atoms with Gasteiger partial charge < -0.3 is 24.6 Å². The first kappa shape index (κ1) is 28.0. The number of ether oxygens (including phenoxy) is 2. The Balaban J connectivity index is 1.31. The van der Waals surface area contributed by atoms with Gasteiger partial charge in [-0.1, -0.05) is 60.7 Å². The molecule has 0 radical (unpaired) electrons. The Bertz CT molecular complexity index is 1710. The standard InChI is InChI=1S/C33H33N5O5/c1-36-29-18-25(37-16-17-38(33(40)41)26(19-37)20-39)12-13-27(29)31(35-36)28-14-15-30(42-21-23-8-4-2-5-9-23)34-32(28)43-22-24-10-6-3-7-11-24/h2-15,18,26,39H,16-17,19-22H2,1H3,(H,40,41). The molecule has 1 saturated heterocycles. The van der Waals surface area contributed by atoms with Crippen molar-refractivity contribution < 1.29 is 24.5 Å². The number of benzene rings is 3. The Kier molecular flexibility index (Phi) is 8.10. The maximum atomic E-state index is 11.6. The van der Waals surface area contributed by atoms with Crippen LogP contribution in [0.25, 0.3) is 22.2 Å². The van der Waals surface area contributed by atoms with Crippen molar-refractivity contribution >= 4 is 22.7 Å². The van der Waals surface area contributed by atoms with Crippen LogP contribution in [-0.2, 0) is 20.3 Å². The van der Waals surface area contributed by atoms with Crippen LogP contribution in [0.4, 0.5) is 10.5 Å². The number of aromatic nitrogens is 3. The fourth-order valence-electron chi connectivity index (χ4n) is 5.39. The lowest BCUT2D eigenvalue weighted by Crippen LogP contribution is -2.56. The van der Waals surface area contributed by atoms with Crippen LogP contribution in [-0.4, -0.2) is 68.3 Å². The lowest BCUT2D eigenvalue weighted by atomic mass is 10.1. The number of carboxylic acid groups (broad SMARTS) is 1. The van der Waals surface area contributed by atoms with E-state index in [1.165, 1.54) is 4.90 Å². The first-order valence-corrected chi connectivity index (χ1v) is 14.2. The Morgan fingerprint density at radius 3 is 2.28 bits per heavy atom. The summed E-state index contributed by atoms with van der Waals surface area (Å²) >= 11 is 0. The number of hydrogen-bond acceptors (Lipinski definition) is 7. The van der Waals surface area contributed by atoms with Gasteiger partial charge in [-0.05, 0) is 35.4 Å². The molecule has 2 aromatic heterocycles. The highest BCUT2D eigenvalue weighted by atomic mass is 16.5. The number of aliphatic hydroxyl groups excluding tert-OH is 1. The van der Waals surface area contributed by atoms with Gasteiger partial charge in [0.25, 0.3) is 0 Å². The Morgan fingerprint density at radius 1 is 0.907 bits per heavy atom. The normalized spacial score (nSPS) is 15.1. The molecule has 0 spiro atoms. The minimum atomic E-state index is -1.01. The Morgan fingerprint density at radius 2 is 1.60 bits per heavy atom. The molecule has 0 bridgehead atoms. The molecule has 5 aromatic rings. The first-order valence-electron chi connectivity index (χ1n) is 14.2. The van der Waals surface area contributed by atoms with Gasteiger partial charge in [0.1, 0.15) is 18.9 Å². The number of amides is 1. The molecule has 0 saturated carbocycles. The average Bonchev–Trinajstić information content (AvgIpc) is 3.38. The molecule has 1 aliphatic rings. The summed E-state index contributed by atoms with van der Waals surface area (Å²) in [4.78, 5) is 19.7. The molecule has 10 nitrogen and oxygen atoms in total. The van der Waals surface area contributed by atoms with Crippen molar-refractivity contribution in [3.63, 3.8) is 0 Å². The molecule has 1 atom stereocenters. The van der Waals surface area contributed by atoms with Gasteiger partial charge in [0.2, 0.25) is 11.8 Å². The molecule has 3 heterocycles. The van der Waals surface area contributed by atoms with Crippen molar-refractivity contribution in [3.05, 3.63) is 102 Å². The molecule has 10 heteroatoms. The third kappa shape index (κ3) is 6.09. The molecule has 1 fully saturated rings. The zero-order valence-corrected chi connectivity index (χ0v) is 23.8. The third-order valence-corrected chi connectivity index (χ3v) is 7.68. The van der Waals surface area contributed by atoms with Crippen LogP contribution < -0.4 is 14.4 Å². The van der Waals surface area contributed by atoms with Crippen molar-refractivity contribution in [2.24, 2.45) is 7.05 Å². The number of nitrogens with zero attached hydrogens (tertiary/aromatic N) is 5. The number of aryl methyl sites for hydroxylation is 1. The van der Waals surface area contributed by atoms with E-state index in [-0.39, 0.29) is 6.61 Å². The second-order valence-corrected chi connectivity index (χ2v) is 10.5. The van der Waals surface area contributed by atoms with Crippen molar-refractivity contribution in [2.45, 2.75) is 19.3 Å². The predicted octanol–water partition coefficient (Wildman–Crippen LogP) is 4.95. The van der Waals surface area contributed by atoms with Gasteiger partial charge in [0, 0.05) is 43.8 Å². The molecule has 6 rings (SSSR count). The molecule has 2 N–H and O–H groups in total. The quantitative estimate of drug-likeness (QED) is 0.252.